The van der Waals surface area contributed by atoms with E-state index in [-0.39, 0.29) is 17.9 Å². The van der Waals surface area contributed by atoms with Crippen molar-refractivity contribution in [2.45, 2.75) is 26.4 Å². The zero-order valence-corrected chi connectivity index (χ0v) is 11.5. The van der Waals surface area contributed by atoms with Crippen LogP contribution in [0, 0.1) is 22.0 Å². The molecule has 1 amide bonds. The highest BCUT2D eigenvalue weighted by Gasteiger charge is 2.15. The summed E-state index contributed by atoms with van der Waals surface area (Å²) in [4.78, 5) is 25.3. The first-order valence-electron chi connectivity index (χ1n) is 5.85. The van der Waals surface area contributed by atoms with Gasteiger partial charge in [0.15, 0.2) is 5.69 Å². The Balaban J connectivity index is 2.60. The smallest absolute Gasteiger partial charge is 0.408 e. The van der Waals surface area contributed by atoms with Crippen molar-refractivity contribution in [2.24, 2.45) is 0 Å². The Kier molecular flexibility index (Phi) is 5.03. The van der Waals surface area contributed by atoms with E-state index in [0.29, 0.717) is 0 Å². The number of carbonyl (C=O) groups excluding carboxylic acids is 1. The molecule has 0 radical (unpaired) electrons. The first-order chi connectivity index (χ1) is 9.29. The van der Waals surface area contributed by atoms with Crippen molar-refractivity contribution in [3.05, 3.63) is 34.1 Å². The summed E-state index contributed by atoms with van der Waals surface area (Å²) in [5.41, 5.74) is -0.696. The van der Waals surface area contributed by atoms with E-state index in [1.807, 2.05) is 0 Å². The normalized spacial score (nSPS) is 10.2. The van der Waals surface area contributed by atoms with Gasteiger partial charge in [-0.25, -0.2) is 9.78 Å². The van der Waals surface area contributed by atoms with Gasteiger partial charge in [0, 0.05) is 12.3 Å². The average Bonchev–Trinajstić information content (AvgIpc) is 2.33. The Morgan fingerprint density at radius 3 is 2.85 bits per heavy atom. The highest BCUT2D eigenvalue weighted by Crippen LogP contribution is 2.13. The summed E-state index contributed by atoms with van der Waals surface area (Å²) in [6.45, 7) is 5.25. The van der Waals surface area contributed by atoms with E-state index in [4.69, 9.17) is 4.74 Å². The third-order valence-corrected chi connectivity index (χ3v) is 1.91. The predicted octanol–water partition coefficient (Wildman–Crippen LogP) is 1.87. The first-order valence-corrected chi connectivity index (χ1v) is 5.85. The molecule has 0 aromatic carbocycles. The van der Waals surface area contributed by atoms with Crippen LogP contribution in [0.4, 0.5) is 10.5 Å². The lowest BCUT2D eigenvalue weighted by Gasteiger charge is -2.18. The zero-order valence-electron chi connectivity index (χ0n) is 11.5. The van der Waals surface area contributed by atoms with Crippen LogP contribution >= 0.6 is 0 Å². The Morgan fingerprint density at radius 2 is 2.25 bits per heavy atom. The summed E-state index contributed by atoms with van der Waals surface area (Å²) in [7, 11) is 0. The van der Waals surface area contributed by atoms with Crippen LogP contribution in [0.2, 0.25) is 0 Å². The number of amides is 1. The van der Waals surface area contributed by atoms with Crippen molar-refractivity contribution >= 4 is 11.8 Å². The van der Waals surface area contributed by atoms with E-state index >= 15 is 0 Å². The Hall–Kier alpha value is -2.62. The molecule has 0 aliphatic rings. The minimum atomic E-state index is -0.595. The summed E-state index contributed by atoms with van der Waals surface area (Å²) in [5.74, 6) is 5.12. The molecule has 7 heteroatoms. The summed E-state index contributed by atoms with van der Waals surface area (Å²) in [6, 6.07) is 2.78. The fraction of sp³-hybridized carbons (Fsp3) is 0.385. The molecule has 0 fully saturated rings. The number of aromatic nitrogens is 1. The van der Waals surface area contributed by atoms with Gasteiger partial charge < -0.3 is 10.1 Å². The SMILES string of the molecule is CC(C)(C)OC(=O)NCC#Cc1ncccc1[N+](=O)[O-]. The maximum atomic E-state index is 11.3. The fourth-order valence-corrected chi connectivity index (χ4v) is 1.20. The fourth-order valence-electron chi connectivity index (χ4n) is 1.20. The number of nitrogens with one attached hydrogen (secondary N) is 1. The van der Waals surface area contributed by atoms with Crippen LogP contribution in [0.1, 0.15) is 26.5 Å². The van der Waals surface area contributed by atoms with Gasteiger partial charge in [0.25, 0.3) is 0 Å². The van der Waals surface area contributed by atoms with Gasteiger partial charge >= 0.3 is 11.8 Å². The van der Waals surface area contributed by atoms with Crippen LogP contribution in [0.5, 0.6) is 0 Å². The molecule has 1 heterocycles. The van der Waals surface area contributed by atoms with E-state index in [9.17, 15) is 14.9 Å². The van der Waals surface area contributed by atoms with Crippen LogP contribution in [-0.2, 0) is 4.74 Å². The molecule has 0 aliphatic carbocycles. The quantitative estimate of drug-likeness (QED) is 0.506. The predicted molar refractivity (Wildman–Crippen MR) is 72.0 cm³/mol. The largest absolute Gasteiger partial charge is 0.444 e. The number of nitrogens with zero attached hydrogens (tertiary/aromatic N) is 2. The molecular formula is C13H15N3O4. The second-order valence-corrected chi connectivity index (χ2v) is 4.79. The van der Waals surface area contributed by atoms with Gasteiger partial charge in [-0.1, -0.05) is 5.92 Å². The number of hydrogen-bond acceptors (Lipinski definition) is 5. The number of hydrogen-bond donors (Lipinski definition) is 1. The van der Waals surface area contributed by atoms with E-state index in [2.05, 4.69) is 22.1 Å². The number of pyridine rings is 1. The molecule has 0 saturated carbocycles. The highest BCUT2D eigenvalue weighted by atomic mass is 16.6. The van der Waals surface area contributed by atoms with Crippen molar-refractivity contribution in [1.82, 2.24) is 10.3 Å². The van der Waals surface area contributed by atoms with E-state index in [1.165, 1.54) is 18.3 Å². The molecule has 0 aliphatic heterocycles. The second kappa shape index (κ2) is 6.52. The first kappa shape index (κ1) is 15.4. The molecule has 7 nitrogen and oxygen atoms in total. The molecule has 1 N–H and O–H groups in total. The molecular weight excluding hydrogens is 262 g/mol. The average molecular weight is 277 g/mol. The summed E-state index contributed by atoms with van der Waals surface area (Å²) in [5, 5.41) is 13.2. The number of carbonyl (C=O) groups is 1. The monoisotopic (exact) mass is 277 g/mol. The number of rotatable bonds is 2. The minimum absolute atomic E-state index is 0.0165. The van der Waals surface area contributed by atoms with Crippen molar-refractivity contribution in [3.63, 3.8) is 0 Å². The lowest BCUT2D eigenvalue weighted by atomic mass is 10.2. The van der Waals surface area contributed by atoms with Crippen molar-refractivity contribution in [1.29, 1.82) is 0 Å². The minimum Gasteiger partial charge on any atom is -0.444 e. The van der Waals surface area contributed by atoms with Crippen molar-refractivity contribution in [3.8, 4) is 11.8 Å². The van der Waals surface area contributed by atoms with E-state index in [0.717, 1.165) is 0 Å². The zero-order chi connectivity index (χ0) is 15.2. The van der Waals surface area contributed by atoms with Crippen LogP contribution in [0.3, 0.4) is 0 Å². The molecule has 0 saturated heterocycles. The Labute approximate surface area is 116 Å². The van der Waals surface area contributed by atoms with Crippen LogP contribution in [-0.4, -0.2) is 28.1 Å². The third kappa shape index (κ3) is 5.35. The standard InChI is InChI=1S/C13H15N3O4/c1-13(2,3)20-12(17)15-9-4-6-10-11(16(18)19)7-5-8-14-10/h5,7-8H,9H2,1-3H3,(H,15,17). The van der Waals surface area contributed by atoms with Gasteiger partial charge in [0.1, 0.15) is 5.60 Å². The summed E-state index contributed by atoms with van der Waals surface area (Å²) < 4.78 is 5.01. The highest BCUT2D eigenvalue weighted by molar-refractivity contribution is 5.68. The Morgan fingerprint density at radius 1 is 1.55 bits per heavy atom. The number of nitro groups is 1. The Bertz CT molecular complexity index is 567. The molecule has 0 spiro atoms. The maximum absolute atomic E-state index is 11.3. The van der Waals surface area contributed by atoms with Gasteiger partial charge in [0.05, 0.1) is 11.5 Å². The third-order valence-electron chi connectivity index (χ3n) is 1.91. The molecule has 0 unspecified atom stereocenters. The van der Waals surface area contributed by atoms with Crippen LogP contribution < -0.4 is 5.32 Å². The molecule has 1 rings (SSSR count). The molecule has 0 bridgehead atoms. The van der Waals surface area contributed by atoms with Gasteiger partial charge in [-0.2, -0.15) is 0 Å². The maximum Gasteiger partial charge on any atom is 0.408 e. The van der Waals surface area contributed by atoms with Crippen LogP contribution in [0.25, 0.3) is 0 Å². The number of alkyl carbamates (subject to hydrolysis) is 1. The molecule has 0 atom stereocenters. The second-order valence-electron chi connectivity index (χ2n) is 4.79. The molecule has 20 heavy (non-hydrogen) atoms. The van der Waals surface area contributed by atoms with E-state index in [1.54, 1.807) is 20.8 Å². The summed E-state index contributed by atoms with van der Waals surface area (Å²) in [6.07, 6.45) is 0.820. The molecule has 1 aromatic rings. The number of ether oxygens (including phenoxy) is 1. The molecule has 106 valence electrons. The lowest BCUT2D eigenvalue weighted by Crippen LogP contribution is -2.32. The van der Waals surface area contributed by atoms with Gasteiger partial charge in [0.2, 0.25) is 0 Å². The lowest BCUT2D eigenvalue weighted by molar-refractivity contribution is -0.385. The van der Waals surface area contributed by atoms with Crippen molar-refractivity contribution in [2.75, 3.05) is 6.54 Å². The van der Waals surface area contributed by atoms with Crippen LogP contribution in [0.15, 0.2) is 18.3 Å². The molecule has 1 aromatic heterocycles. The van der Waals surface area contributed by atoms with Gasteiger partial charge in [-0.15, -0.1) is 0 Å². The van der Waals surface area contributed by atoms with E-state index < -0.39 is 16.6 Å². The summed E-state index contributed by atoms with van der Waals surface area (Å²) >= 11 is 0. The van der Waals surface area contributed by atoms with Gasteiger partial charge in [-0.3, -0.25) is 10.1 Å². The topological polar surface area (TPSA) is 94.4 Å². The van der Waals surface area contributed by atoms with Crippen molar-refractivity contribution < 1.29 is 14.5 Å². The van der Waals surface area contributed by atoms with Gasteiger partial charge in [-0.05, 0) is 32.8 Å².